The molecule has 2 aliphatic rings. The number of ether oxygens (including phenoxy) is 1. The van der Waals surface area contributed by atoms with Crippen LogP contribution in [-0.2, 0) is 11.2 Å². The number of likely N-dealkylation sites (tertiary alicyclic amines) is 1. The maximum absolute atomic E-state index is 12.9. The smallest absolute Gasteiger partial charge is 0.257 e. The lowest BCUT2D eigenvalue weighted by Gasteiger charge is -2.33. The van der Waals surface area contributed by atoms with Crippen LogP contribution in [0.3, 0.4) is 0 Å². The van der Waals surface area contributed by atoms with Gasteiger partial charge in [-0.1, -0.05) is 30.3 Å². The Labute approximate surface area is 146 Å². The molecule has 1 N–H and O–H groups in total. The van der Waals surface area contributed by atoms with E-state index in [4.69, 9.17) is 4.74 Å². The third-order valence-corrected chi connectivity index (χ3v) is 5.25. The fourth-order valence-corrected chi connectivity index (χ4v) is 3.86. The lowest BCUT2D eigenvalue weighted by Crippen LogP contribution is -2.44. The summed E-state index contributed by atoms with van der Waals surface area (Å²) in [5.41, 5.74) is 2.02. The summed E-state index contributed by atoms with van der Waals surface area (Å²) in [5, 5.41) is 3.01. The molecule has 1 saturated heterocycles. The van der Waals surface area contributed by atoms with E-state index in [2.05, 4.69) is 5.32 Å². The Morgan fingerprint density at radius 3 is 2.76 bits per heavy atom. The molecule has 5 heteroatoms. The molecule has 2 aromatic carbocycles. The predicted molar refractivity (Wildman–Crippen MR) is 94.7 cm³/mol. The number of benzene rings is 2. The minimum absolute atomic E-state index is 0.0153. The van der Waals surface area contributed by atoms with Crippen LogP contribution < -0.4 is 10.1 Å². The van der Waals surface area contributed by atoms with Gasteiger partial charge in [0.1, 0.15) is 5.75 Å². The van der Waals surface area contributed by atoms with Gasteiger partial charge in [-0.05, 0) is 36.6 Å². The molecular weight excluding hydrogens is 316 g/mol. The van der Waals surface area contributed by atoms with Gasteiger partial charge in [0.25, 0.3) is 5.91 Å². The SMILES string of the molecule is COc1ccccc1C(=O)N1CCC2(Cc3ccccc3NC2=O)C1. The summed E-state index contributed by atoms with van der Waals surface area (Å²) in [6.07, 6.45) is 1.35. The van der Waals surface area contributed by atoms with Crippen molar-refractivity contribution < 1.29 is 14.3 Å². The highest BCUT2D eigenvalue weighted by Crippen LogP contribution is 2.41. The van der Waals surface area contributed by atoms with Gasteiger partial charge in [-0.15, -0.1) is 0 Å². The van der Waals surface area contributed by atoms with Crippen molar-refractivity contribution in [1.29, 1.82) is 0 Å². The van der Waals surface area contributed by atoms with Crippen molar-refractivity contribution in [3.8, 4) is 5.75 Å². The van der Waals surface area contributed by atoms with Gasteiger partial charge in [-0.25, -0.2) is 0 Å². The second-order valence-electron chi connectivity index (χ2n) is 6.75. The summed E-state index contributed by atoms with van der Waals surface area (Å²) < 4.78 is 5.30. The zero-order valence-electron chi connectivity index (χ0n) is 14.1. The van der Waals surface area contributed by atoms with Crippen LogP contribution in [0.15, 0.2) is 48.5 Å². The topological polar surface area (TPSA) is 58.6 Å². The number of fused-ring (bicyclic) bond motifs is 1. The van der Waals surface area contributed by atoms with Crippen LogP contribution in [0.5, 0.6) is 5.75 Å². The van der Waals surface area contributed by atoms with E-state index in [0.717, 1.165) is 11.3 Å². The largest absolute Gasteiger partial charge is 0.496 e. The number of para-hydroxylation sites is 2. The number of rotatable bonds is 2. The summed E-state index contributed by atoms with van der Waals surface area (Å²) in [7, 11) is 1.56. The Morgan fingerprint density at radius 1 is 1.16 bits per heavy atom. The molecule has 4 rings (SSSR count). The van der Waals surface area contributed by atoms with Crippen molar-refractivity contribution in [1.82, 2.24) is 4.90 Å². The summed E-state index contributed by atoms with van der Waals surface area (Å²) in [6.45, 7) is 1.01. The maximum atomic E-state index is 12.9. The highest BCUT2D eigenvalue weighted by atomic mass is 16.5. The van der Waals surface area contributed by atoms with Crippen molar-refractivity contribution in [2.75, 3.05) is 25.5 Å². The second kappa shape index (κ2) is 5.92. The molecule has 2 aliphatic heterocycles. The third kappa shape index (κ3) is 2.56. The fourth-order valence-electron chi connectivity index (χ4n) is 3.86. The van der Waals surface area contributed by atoms with Gasteiger partial charge < -0.3 is 15.0 Å². The van der Waals surface area contributed by atoms with E-state index in [-0.39, 0.29) is 11.8 Å². The number of carbonyl (C=O) groups is 2. The van der Waals surface area contributed by atoms with Gasteiger partial charge in [0.15, 0.2) is 0 Å². The monoisotopic (exact) mass is 336 g/mol. The number of carbonyl (C=O) groups excluding carboxylic acids is 2. The molecule has 128 valence electrons. The van der Waals surface area contributed by atoms with Crippen molar-refractivity contribution in [3.63, 3.8) is 0 Å². The quantitative estimate of drug-likeness (QED) is 0.917. The number of amides is 2. The second-order valence-corrected chi connectivity index (χ2v) is 6.75. The molecule has 1 fully saturated rings. The van der Waals surface area contributed by atoms with Crippen LogP contribution in [0.25, 0.3) is 0 Å². The van der Waals surface area contributed by atoms with Crippen molar-refractivity contribution in [3.05, 3.63) is 59.7 Å². The molecule has 0 aliphatic carbocycles. The molecule has 0 radical (unpaired) electrons. The van der Waals surface area contributed by atoms with Gasteiger partial charge in [0.2, 0.25) is 5.91 Å². The molecule has 2 aromatic rings. The summed E-state index contributed by atoms with van der Waals surface area (Å²) in [6, 6.07) is 15.1. The highest BCUT2D eigenvalue weighted by Gasteiger charge is 2.48. The maximum Gasteiger partial charge on any atom is 0.257 e. The molecule has 1 unspecified atom stereocenters. The Hall–Kier alpha value is -2.82. The summed E-state index contributed by atoms with van der Waals surface area (Å²) in [4.78, 5) is 27.4. The van der Waals surface area contributed by atoms with Crippen LogP contribution in [0.4, 0.5) is 5.69 Å². The zero-order valence-corrected chi connectivity index (χ0v) is 14.1. The first-order valence-corrected chi connectivity index (χ1v) is 8.45. The number of nitrogens with one attached hydrogen (secondary N) is 1. The minimum Gasteiger partial charge on any atom is -0.496 e. The molecule has 25 heavy (non-hydrogen) atoms. The third-order valence-electron chi connectivity index (χ3n) is 5.25. The van der Waals surface area contributed by atoms with Crippen LogP contribution in [0.1, 0.15) is 22.3 Å². The highest BCUT2D eigenvalue weighted by molar-refractivity contribution is 6.01. The average Bonchev–Trinajstić information content (AvgIpc) is 3.07. The van der Waals surface area contributed by atoms with E-state index in [1.165, 1.54) is 0 Å². The Balaban J connectivity index is 1.59. The van der Waals surface area contributed by atoms with Gasteiger partial charge in [-0.3, -0.25) is 9.59 Å². The molecular formula is C20H20N2O3. The predicted octanol–water partition coefficient (Wildman–Crippen LogP) is 2.72. The standard InChI is InChI=1S/C20H20N2O3/c1-25-17-9-5-3-7-15(17)18(23)22-11-10-20(13-22)12-14-6-2-4-8-16(14)21-19(20)24/h2-9H,10-13H2,1H3,(H,21,24). The van der Waals surface area contributed by atoms with E-state index in [1.807, 2.05) is 36.4 Å². The zero-order chi connectivity index (χ0) is 17.4. The van der Waals surface area contributed by atoms with Gasteiger partial charge in [0.05, 0.1) is 18.1 Å². The number of hydrogen-bond acceptors (Lipinski definition) is 3. The molecule has 0 aromatic heterocycles. The van der Waals surface area contributed by atoms with Crippen molar-refractivity contribution in [2.45, 2.75) is 12.8 Å². The summed E-state index contributed by atoms with van der Waals surface area (Å²) >= 11 is 0. The first kappa shape index (κ1) is 15.7. The van der Waals surface area contributed by atoms with Gasteiger partial charge in [-0.2, -0.15) is 0 Å². The Morgan fingerprint density at radius 2 is 1.92 bits per heavy atom. The van der Waals surface area contributed by atoms with Gasteiger partial charge >= 0.3 is 0 Å². The molecule has 2 amide bonds. The number of anilines is 1. The van der Waals surface area contributed by atoms with Crippen molar-refractivity contribution >= 4 is 17.5 Å². The van der Waals surface area contributed by atoms with E-state index < -0.39 is 5.41 Å². The number of hydrogen-bond donors (Lipinski definition) is 1. The van der Waals surface area contributed by atoms with E-state index >= 15 is 0 Å². The van der Waals surface area contributed by atoms with Gasteiger partial charge in [0, 0.05) is 18.8 Å². The molecule has 2 heterocycles. The lowest BCUT2D eigenvalue weighted by atomic mass is 9.77. The molecule has 0 saturated carbocycles. The number of nitrogens with zero attached hydrogens (tertiary/aromatic N) is 1. The normalized spacial score (nSPS) is 21.8. The van der Waals surface area contributed by atoms with E-state index in [9.17, 15) is 9.59 Å². The molecule has 0 bridgehead atoms. The molecule has 1 atom stereocenters. The van der Waals surface area contributed by atoms with Crippen molar-refractivity contribution in [2.24, 2.45) is 5.41 Å². The van der Waals surface area contributed by atoms with E-state index in [1.54, 1.807) is 24.1 Å². The van der Waals surface area contributed by atoms with Crippen LogP contribution in [0.2, 0.25) is 0 Å². The van der Waals surface area contributed by atoms with Crippen LogP contribution in [-0.4, -0.2) is 36.9 Å². The Bertz CT molecular complexity index is 848. The van der Waals surface area contributed by atoms with E-state index in [0.29, 0.717) is 37.2 Å². The minimum atomic E-state index is -0.536. The van der Waals surface area contributed by atoms with Crippen LogP contribution >= 0.6 is 0 Å². The molecule has 1 spiro atoms. The average molecular weight is 336 g/mol. The Kier molecular flexibility index (Phi) is 3.71. The lowest BCUT2D eigenvalue weighted by molar-refractivity contribution is -0.125. The fraction of sp³-hybridized carbons (Fsp3) is 0.300. The first-order valence-electron chi connectivity index (χ1n) is 8.45. The summed E-state index contributed by atoms with van der Waals surface area (Å²) in [5.74, 6) is 0.495. The molecule has 5 nitrogen and oxygen atoms in total. The first-order chi connectivity index (χ1) is 12.1. The van der Waals surface area contributed by atoms with Crippen LogP contribution in [0, 0.1) is 5.41 Å². The number of methoxy groups -OCH3 is 1.